The summed E-state index contributed by atoms with van der Waals surface area (Å²) in [6, 6.07) is 12.2. The largest absolute Gasteiger partial charge is 0.455 e. The molecular weight excluding hydrogens is 783 g/mol. The van der Waals surface area contributed by atoms with Gasteiger partial charge in [-0.15, -0.1) is 0 Å². The Bertz CT molecular complexity index is 2380. The lowest BCUT2D eigenvalue weighted by atomic mass is 9.72. The second kappa shape index (κ2) is 18.2. The number of piperazine rings is 1. The van der Waals surface area contributed by atoms with Crippen molar-refractivity contribution in [3.05, 3.63) is 99.9 Å². The van der Waals surface area contributed by atoms with E-state index in [-0.39, 0.29) is 34.4 Å². The highest BCUT2D eigenvalue weighted by molar-refractivity contribution is 7.90. The number of nitro benzene ring substituents is 1. The number of aromatic amines is 1. The molecule has 0 spiro atoms. The van der Waals surface area contributed by atoms with Gasteiger partial charge in [-0.1, -0.05) is 44.9 Å². The lowest BCUT2D eigenvalue weighted by Gasteiger charge is -2.39. The monoisotopic (exact) mass is 839 g/mol. The maximum Gasteiger partial charge on any atom is 0.293 e. The van der Waals surface area contributed by atoms with E-state index in [1.165, 1.54) is 41.5 Å². The van der Waals surface area contributed by atoms with Gasteiger partial charge in [0.2, 0.25) is 0 Å². The number of carbonyl (C=O) groups excluding carboxylic acids is 1. The molecule has 1 saturated carbocycles. The van der Waals surface area contributed by atoms with E-state index in [4.69, 9.17) is 4.74 Å². The predicted octanol–water partition coefficient (Wildman–Crippen LogP) is 8.33. The van der Waals surface area contributed by atoms with E-state index in [2.05, 4.69) is 57.2 Å². The molecule has 0 radical (unpaired) electrons. The number of aromatic nitrogens is 2. The molecule has 3 aliphatic rings. The molecule has 14 nitrogen and oxygen atoms in total. The molecule has 2 fully saturated rings. The van der Waals surface area contributed by atoms with E-state index < -0.39 is 31.4 Å². The molecule has 2 aromatic heterocycles. The van der Waals surface area contributed by atoms with Crippen molar-refractivity contribution in [2.24, 2.45) is 11.3 Å². The van der Waals surface area contributed by atoms with E-state index in [1.54, 1.807) is 30.5 Å². The zero-order chi connectivity index (χ0) is 42.6. The van der Waals surface area contributed by atoms with Gasteiger partial charge in [-0.2, -0.15) is 0 Å². The molecule has 2 aliphatic carbocycles. The van der Waals surface area contributed by atoms with Gasteiger partial charge in [-0.05, 0) is 105 Å². The first-order chi connectivity index (χ1) is 28.7. The van der Waals surface area contributed by atoms with Crippen LogP contribution in [0.3, 0.4) is 0 Å². The minimum absolute atomic E-state index is 0.0347. The van der Waals surface area contributed by atoms with Gasteiger partial charge in [0, 0.05) is 68.7 Å². The van der Waals surface area contributed by atoms with E-state index in [0.29, 0.717) is 30.8 Å². The molecule has 4 aromatic rings. The topological polar surface area (TPSA) is 183 Å². The molecule has 15 heteroatoms. The van der Waals surface area contributed by atoms with E-state index in [9.17, 15) is 28.4 Å². The van der Waals surface area contributed by atoms with Crippen LogP contribution in [0.25, 0.3) is 11.0 Å². The van der Waals surface area contributed by atoms with Crippen molar-refractivity contribution in [3.63, 3.8) is 0 Å². The van der Waals surface area contributed by atoms with Crippen LogP contribution in [0, 0.1) is 21.4 Å². The summed E-state index contributed by atoms with van der Waals surface area (Å²) in [5.41, 5.74) is 5.71. The summed E-state index contributed by atoms with van der Waals surface area (Å²) in [5, 5.41) is 25.8. The lowest BCUT2D eigenvalue weighted by Crippen LogP contribution is -2.47. The first-order valence-corrected chi connectivity index (χ1v) is 22.6. The normalized spacial score (nSPS) is 19.9. The Hall–Kier alpha value is -5.25. The summed E-state index contributed by atoms with van der Waals surface area (Å²) < 4.78 is 35.7. The molecule has 320 valence electrons. The van der Waals surface area contributed by atoms with Gasteiger partial charge in [-0.25, -0.2) is 18.1 Å². The third kappa shape index (κ3) is 10.2. The highest BCUT2D eigenvalue weighted by atomic mass is 32.2. The molecule has 2 aromatic carbocycles. The van der Waals surface area contributed by atoms with Crippen LogP contribution in [0.1, 0.15) is 88.9 Å². The van der Waals surface area contributed by atoms with Crippen molar-refractivity contribution in [3.8, 4) is 11.5 Å². The maximum absolute atomic E-state index is 13.9. The van der Waals surface area contributed by atoms with Crippen molar-refractivity contribution in [2.75, 3.05) is 49.5 Å². The zero-order valence-electron chi connectivity index (χ0n) is 34.8. The van der Waals surface area contributed by atoms with Gasteiger partial charge < -0.3 is 25.0 Å². The number of nitrogens with one attached hydrogen (secondary N) is 3. The number of H-pyrrole nitrogens is 1. The number of hydrogen-bond acceptors (Lipinski definition) is 11. The van der Waals surface area contributed by atoms with Crippen LogP contribution in [0.2, 0.25) is 0 Å². The van der Waals surface area contributed by atoms with E-state index >= 15 is 0 Å². The Morgan fingerprint density at radius 1 is 1.08 bits per heavy atom. The van der Waals surface area contributed by atoms with Crippen LogP contribution >= 0.6 is 0 Å². The van der Waals surface area contributed by atoms with Gasteiger partial charge in [0.05, 0.1) is 27.7 Å². The van der Waals surface area contributed by atoms with Crippen molar-refractivity contribution in [1.29, 1.82) is 0 Å². The van der Waals surface area contributed by atoms with Crippen LogP contribution in [0.4, 0.5) is 17.1 Å². The average molecular weight is 840 g/mol. The first kappa shape index (κ1) is 42.9. The minimum atomic E-state index is -4.56. The number of anilines is 2. The highest BCUT2D eigenvalue weighted by Crippen LogP contribution is 2.42. The molecule has 4 N–H and O–H groups in total. The van der Waals surface area contributed by atoms with Gasteiger partial charge in [0.15, 0.2) is 0 Å². The number of nitro groups is 1. The van der Waals surface area contributed by atoms with Crippen LogP contribution in [-0.4, -0.2) is 84.6 Å². The molecule has 1 saturated heterocycles. The fourth-order valence-electron chi connectivity index (χ4n) is 8.67. The standard InChI is InChI=1S/C45H57N7O7S/c1-5-6-30(2)39-26-45(3,4)17-15-33(39)29-50-19-21-51(22-20-50)34-9-13-38(42(24-34)59-36-23-32-16-18-46-43(32)48-28-36)44(54)49-60(57,58)37-12-14-40(41(25-37)52(55)56)47-27-31-7-10-35(53)11-8-31/h9,12-14,16,18,23-25,28,31,35,47,53H,2,5-8,10-11,15,17,19-22,26-27,29H2,1,3-4H3,(H,46,48)(H,49,54). The second-order valence-corrected chi connectivity index (χ2v) is 19.0. The molecule has 1 amide bonds. The van der Waals surface area contributed by atoms with Crippen molar-refractivity contribution in [2.45, 2.75) is 89.6 Å². The number of aliphatic hydroxyl groups is 1. The number of fused-ring (bicyclic) bond motifs is 1. The Balaban J connectivity index is 1.09. The van der Waals surface area contributed by atoms with Crippen LogP contribution in [-0.2, 0) is 10.0 Å². The molecule has 0 bridgehead atoms. The number of carbonyl (C=O) groups is 1. The molecular formula is C45H57N7O7S. The summed E-state index contributed by atoms with van der Waals surface area (Å²) >= 11 is 0. The van der Waals surface area contributed by atoms with Crippen LogP contribution < -0.4 is 19.7 Å². The van der Waals surface area contributed by atoms with Crippen molar-refractivity contribution in [1.82, 2.24) is 19.6 Å². The molecule has 0 unspecified atom stereocenters. The summed E-state index contributed by atoms with van der Waals surface area (Å²) in [6.45, 7) is 15.9. The van der Waals surface area contributed by atoms with Gasteiger partial charge in [0.25, 0.3) is 21.6 Å². The number of pyridine rings is 1. The third-order valence-corrected chi connectivity index (χ3v) is 13.6. The minimum Gasteiger partial charge on any atom is -0.455 e. The smallest absolute Gasteiger partial charge is 0.293 e. The van der Waals surface area contributed by atoms with E-state index in [1.807, 2.05) is 6.07 Å². The quantitative estimate of drug-likeness (QED) is 0.0667. The Morgan fingerprint density at radius 2 is 1.85 bits per heavy atom. The zero-order valence-corrected chi connectivity index (χ0v) is 35.7. The summed E-state index contributed by atoms with van der Waals surface area (Å²) in [5.74, 6) is -0.237. The number of ether oxygens (including phenoxy) is 1. The summed E-state index contributed by atoms with van der Waals surface area (Å²) in [4.78, 5) is 37.1. The molecule has 3 heterocycles. The fraction of sp³-hybridized carbons (Fsp3) is 0.467. The number of sulfonamides is 1. The molecule has 0 atom stereocenters. The Kier molecular flexibility index (Phi) is 13.0. The number of rotatable bonds is 15. The Morgan fingerprint density at radius 3 is 2.58 bits per heavy atom. The molecule has 1 aliphatic heterocycles. The fourth-order valence-corrected chi connectivity index (χ4v) is 9.65. The van der Waals surface area contributed by atoms with Crippen LogP contribution in [0.15, 0.2) is 89.1 Å². The SMILES string of the molecule is C=C(CCC)C1=C(CN2CCN(c3ccc(C(=O)NS(=O)(=O)c4ccc(NCC5CCC(O)CC5)c([N+](=O)[O-])c4)c(Oc4cnc5[nH]ccc5c4)c3)CC2)CCC(C)(C)C1. The number of aliphatic hydroxyl groups excluding tert-OH is 1. The average Bonchev–Trinajstić information content (AvgIpc) is 3.69. The van der Waals surface area contributed by atoms with Crippen molar-refractivity contribution < 1.29 is 28.0 Å². The number of benzene rings is 2. The number of amides is 1. The molecule has 7 rings (SSSR count). The van der Waals surface area contributed by atoms with Gasteiger partial charge >= 0.3 is 0 Å². The number of hydrogen-bond donors (Lipinski definition) is 4. The van der Waals surface area contributed by atoms with Gasteiger partial charge in [0.1, 0.15) is 22.8 Å². The summed E-state index contributed by atoms with van der Waals surface area (Å²) in [7, 11) is -4.56. The van der Waals surface area contributed by atoms with E-state index in [0.717, 1.165) is 88.4 Å². The number of allylic oxidation sites excluding steroid dienone is 2. The predicted molar refractivity (Wildman–Crippen MR) is 234 cm³/mol. The van der Waals surface area contributed by atoms with Crippen molar-refractivity contribution >= 4 is 44.0 Å². The van der Waals surface area contributed by atoms with Gasteiger partial charge in [-0.3, -0.25) is 19.8 Å². The Labute approximate surface area is 352 Å². The lowest BCUT2D eigenvalue weighted by molar-refractivity contribution is -0.384. The first-order valence-electron chi connectivity index (χ1n) is 21.1. The second-order valence-electron chi connectivity index (χ2n) is 17.3. The number of nitrogens with zero attached hydrogens (tertiary/aromatic N) is 4. The maximum atomic E-state index is 13.9. The van der Waals surface area contributed by atoms with Crippen LogP contribution in [0.5, 0.6) is 11.5 Å². The highest BCUT2D eigenvalue weighted by Gasteiger charge is 2.31. The third-order valence-electron chi connectivity index (χ3n) is 12.2. The molecule has 60 heavy (non-hydrogen) atoms. The summed E-state index contributed by atoms with van der Waals surface area (Å²) in [6.07, 6.45) is 11.3.